The fraction of sp³-hybridized carbons (Fsp3) is 0.638. The highest BCUT2D eigenvalue weighted by molar-refractivity contribution is 8.19. The average Bonchev–Trinajstić information content (AvgIpc) is 3.84. The van der Waals surface area contributed by atoms with Crippen LogP contribution < -0.4 is 21.3 Å². The summed E-state index contributed by atoms with van der Waals surface area (Å²) in [5, 5.41) is 14.3. The van der Waals surface area contributed by atoms with Gasteiger partial charge in [0, 0.05) is 22.0 Å². The molecule has 2 aromatic rings. The van der Waals surface area contributed by atoms with Crippen LogP contribution in [0.5, 0.6) is 0 Å². The highest BCUT2D eigenvalue weighted by atomic mass is 32.2. The Balaban J connectivity index is 1.34. The Morgan fingerprint density at radius 1 is 0.733 bits per heavy atom. The minimum Gasteiger partial charge on any atom is -0.361 e. The van der Waals surface area contributed by atoms with Crippen molar-refractivity contribution in [3.63, 3.8) is 0 Å². The fourth-order valence-corrected chi connectivity index (χ4v) is 11.3. The Kier molecular flexibility index (Phi) is 18.4. The number of piperidine rings is 1. The second-order valence-electron chi connectivity index (χ2n) is 18.1. The summed E-state index contributed by atoms with van der Waals surface area (Å²) in [5.74, 6) is -1.67. The molecule has 3 heterocycles. The van der Waals surface area contributed by atoms with Gasteiger partial charge in [-0.05, 0) is 99.9 Å². The summed E-state index contributed by atoms with van der Waals surface area (Å²) < 4.78 is 5.49. The minimum absolute atomic E-state index is 0.0212. The maximum atomic E-state index is 14.4. The van der Waals surface area contributed by atoms with Crippen LogP contribution in [0.4, 0.5) is 0 Å². The van der Waals surface area contributed by atoms with Crippen LogP contribution in [0.15, 0.2) is 54.6 Å². The third-order valence-corrected chi connectivity index (χ3v) is 14.9. The van der Waals surface area contributed by atoms with E-state index in [0.29, 0.717) is 42.8 Å². The number of ether oxygens (including phenoxy) is 1. The van der Waals surface area contributed by atoms with Gasteiger partial charge in [0.2, 0.25) is 23.6 Å². The molecule has 0 aromatic heterocycles. The summed E-state index contributed by atoms with van der Waals surface area (Å²) in [6.07, 6.45) is 7.05. The SMILES string of the molecule is CC(C)C[C@H](NC(=O)[C@H](CCc1ccccc1)NC(=O)CN1CCCCC1)C(=O)N[C@@H](Cc1cccc(CCC2SCS[C@@H]2C)c1)C(=O)N[C@@H](CC(C)C)C(=O)[C@@]1(C)CO1. The van der Waals surface area contributed by atoms with E-state index in [0.717, 1.165) is 61.4 Å². The lowest BCUT2D eigenvalue weighted by Crippen LogP contribution is -2.59. The van der Waals surface area contributed by atoms with Crippen molar-refractivity contribution in [3.05, 3.63) is 71.3 Å². The molecule has 1 unspecified atom stereocenters. The van der Waals surface area contributed by atoms with Gasteiger partial charge in [-0.15, -0.1) is 23.5 Å². The van der Waals surface area contributed by atoms with Gasteiger partial charge in [-0.1, -0.05) is 95.6 Å². The van der Waals surface area contributed by atoms with E-state index in [1.165, 1.54) is 5.56 Å². The second kappa shape index (κ2) is 23.2. The van der Waals surface area contributed by atoms with Crippen molar-refractivity contribution in [2.45, 2.75) is 146 Å². The number of likely N-dealkylation sites (tertiary alicyclic amines) is 1. The zero-order valence-electron chi connectivity index (χ0n) is 36.6. The van der Waals surface area contributed by atoms with Crippen molar-refractivity contribution in [2.24, 2.45) is 11.8 Å². The van der Waals surface area contributed by atoms with Crippen LogP contribution in [0.3, 0.4) is 0 Å². The molecular formula is C47H69N5O6S2. The maximum Gasteiger partial charge on any atom is 0.243 e. The Hall–Kier alpha value is -3.39. The average molecular weight is 864 g/mol. The van der Waals surface area contributed by atoms with Crippen molar-refractivity contribution < 1.29 is 28.7 Å². The van der Waals surface area contributed by atoms with E-state index >= 15 is 0 Å². The summed E-state index contributed by atoms with van der Waals surface area (Å²) in [6.45, 7) is 14.2. The Labute approximate surface area is 366 Å². The molecule has 2 aromatic carbocycles. The fourth-order valence-electron chi connectivity index (χ4n) is 8.09. The highest BCUT2D eigenvalue weighted by Crippen LogP contribution is 2.38. The van der Waals surface area contributed by atoms with Crippen LogP contribution >= 0.6 is 23.5 Å². The standard InChI is InChI=1S/C47H69N5O6S2/c1-31(2)24-38(43(54)47(6)29-58-47)49-46(57)40(27-36-17-13-16-35(26-36)19-21-41-33(5)59-30-60-41)51-45(56)39(25-32(3)4)50-44(55)37(20-18-34-14-9-7-10-15-34)48-42(53)28-52-22-11-8-12-23-52/h7,9-10,13-17,26,31-33,37-41H,8,11-12,18-25,27-30H2,1-6H3,(H,48,53)(H,49,57)(H,50,55)(H,51,56)/t33-,37+,38+,39+,40+,41?,47-/m1/s1. The van der Waals surface area contributed by atoms with Crippen LogP contribution in [-0.2, 0) is 48.0 Å². The molecule has 4 N–H and O–H groups in total. The van der Waals surface area contributed by atoms with Crippen LogP contribution in [0.25, 0.3) is 0 Å². The Morgan fingerprint density at radius 2 is 1.33 bits per heavy atom. The van der Waals surface area contributed by atoms with Crippen LogP contribution in [0, 0.1) is 11.8 Å². The number of epoxide rings is 1. The van der Waals surface area contributed by atoms with Crippen LogP contribution in [-0.4, -0.2) is 106 Å². The molecule has 0 radical (unpaired) electrons. The van der Waals surface area contributed by atoms with E-state index < -0.39 is 47.5 Å². The van der Waals surface area contributed by atoms with Gasteiger partial charge in [0.1, 0.15) is 23.7 Å². The van der Waals surface area contributed by atoms with Gasteiger partial charge in [0.15, 0.2) is 5.78 Å². The summed E-state index contributed by atoms with van der Waals surface area (Å²) in [4.78, 5) is 72.0. The lowest BCUT2D eigenvalue weighted by atomic mass is 9.92. The topological polar surface area (TPSA) is 149 Å². The van der Waals surface area contributed by atoms with Gasteiger partial charge >= 0.3 is 0 Å². The van der Waals surface area contributed by atoms with Gasteiger partial charge in [-0.3, -0.25) is 28.9 Å². The van der Waals surface area contributed by atoms with E-state index in [-0.39, 0.29) is 36.5 Å². The number of Topliss-reactive ketones (excluding diaryl/α,β-unsaturated/α-hetero) is 1. The smallest absolute Gasteiger partial charge is 0.243 e. The molecule has 11 nitrogen and oxygen atoms in total. The number of carbonyl (C=O) groups excluding carboxylic acids is 5. The predicted molar refractivity (Wildman–Crippen MR) is 243 cm³/mol. The number of nitrogens with one attached hydrogen (secondary N) is 4. The highest BCUT2D eigenvalue weighted by Gasteiger charge is 2.50. The van der Waals surface area contributed by atoms with Crippen LogP contribution in [0.1, 0.15) is 103 Å². The number of amides is 4. The summed E-state index contributed by atoms with van der Waals surface area (Å²) in [7, 11) is 0. The molecular weight excluding hydrogens is 795 g/mol. The van der Waals surface area contributed by atoms with Crippen molar-refractivity contribution in [3.8, 4) is 0 Å². The number of aryl methyl sites for hydroxylation is 2. The van der Waals surface area contributed by atoms with E-state index in [4.69, 9.17) is 4.74 Å². The summed E-state index contributed by atoms with van der Waals surface area (Å²) in [6, 6.07) is 14.3. The number of carbonyl (C=O) groups is 5. The molecule has 60 heavy (non-hydrogen) atoms. The number of hydrogen-bond acceptors (Lipinski definition) is 9. The van der Waals surface area contributed by atoms with Crippen molar-refractivity contribution in [1.82, 2.24) is 26.2 Å². The third-order valence-electron chi connectivity index (χ3n) is 11.7. The minimum atomic E-state index is -1.03. The number of rotatable bonds is 23. The number of hydrogen-bond donors (Lipinski definition) is 4. The molecule has 330 valence electrons. The molecule has 7 atom stereocenters. The normalized spacial score (nSPS) is 22.4. The maximum absolute atomic E-state index is 14.4. The van der Waals surface area contributed by atoms with Crippen molar-refractivity contribution in [1.29, 1.82) is 0 Å². The molecule has 3 fully saturated rings. The van der Waals surface area contributed by atoms with Crippen molar-refractivity contribution >= 4 is 52.9 Å². The molecule has 0 spiro atoms. The van der Waals surface area contributed by atoms with Gasteiger partial charge in [0.05, 0.1) is 19.2 Å². The molecule has 3 aliphatic heterocycles. The monoisotopic (exact) mass is 863 g/mol. The van der Waals surface area contributed by atoms with Gasteiger partial charge in [-0.25, -0.2) is 0 Å². The zero-order chi connectivity index (χ0) is 43.2. The summed E-state index contributed by atoms with van der Waals surface area (Å²) in [5.41, 5.74) is 2.17. The first-order valence-electron chi connectivity index (χ1n) is 22.1. The third kappa shape index (κ3) is 15.2. The van der Waals surface area contributed by atoms with Gasteiger partial charge in [-0.2, -0.15) is 0 Å². The zero-order valence-corrected chi connectivity index (χ0v) is 38.3. The lowest BCUT2D eigenvalue weighted by Gasteiger charge is -2.29. The summed E-state index contributed by atoms with van der Waals surface area (Å²) >= 11 is 4.01. The molecule has 0 aliphatic carbocycles. The Bertz CT molecular complexity index is 1730. The Morgan fingerprint density at radius 3 is 1.98 bits per heavy atom. The molecule has 0 bridgehead atoms. The molecule has 13 heteroatoms. The number of benzene rings is 2. The quantitative estimate of drug-likeness (QED) is 0.101. The predicted octanol–water partition coefficient (Wildman–Crippen LogP) is 5.86. The van der Waals surface area contributed by atoms with Gasteiger partial charge < -0.3 is 26.0 Å². The molecule has 3 aliphatic rings. The molecule has 0 saturated carbocycles. The number of ketones is 1. The second-order valence-corrected chi connectivity index (χ2v) is 21.0. The first-order valence-corrected chi connectivity index (χ1v) is 24.2. The first kappa shape index (κ1) is 47.7. The van der Waals surface area contributed by atoms with E-state index in [9.17, 15) is 24.0 Å². The van der Waals surface area contributed by atoms with E-state index in [2.05, 4.69) is 45.2 Å². The van der Waals surface area contributed by atoms with E-state index in [1.807, 2.05) is 93.7 Å². The first-order chi connectivity index (χ1) is 28.7. The lowest BCUT2D eigenvalue weighted by molar-refractivity contribution is -0.135. The molecule has 5 rings (SSSR count). The van der Waals surface area contributed by atoms with Crippen molar-refractivity contribution in [2.75, 3.05) is 31.3 Å². The number of nitrogens with zero attached hydrogens (tertiary/aromatic N) is 1. The van der Waals surface area contributed by atoms with E-state index in [1.54, 1.807) is 6.92 Å². The molecule has 4 amide bonds. The van der Waals surface area contributed by atoms with Gasteiger partial charge in [0.25, 0.3) is 0 Å². The molecule has 3 saturated heterocycles. The van der Waals surface area contributed by atoms with Crippen LogP contribution in [0.2, 0.25) is 0 Å². The number of thioether (sulfide) groups is 2. The largest absolute Gasteiger partial charge is 0.361 e.